The van der Waals surface area contributed by atoms with Crippen molar-refractivity contribution < 1.29 is 13.9 Å². The van der Waals surface area contributed by atoms with Crippen LogP contribution in [0.15, 0.2) is 65.3 Å². The van der Waals surface area contributed by atoms with E-state index < -0.39 is 0 Å². The first kappa shape index (κ1) is 24.1. The lowest BCUT2D eigenvalue weighted by molar-refractivity contribution is 0.0266. The van der Waals surface area contributed by atoms with Crippen LogP contribution in [0.1, 0.15) is 31.5 Å². The number of ether oxygens (including phenoxy) is 2. The molecule has 0 radical (unpaired) electrons. The summed E-state index contributed by atoms with van der Waals surface area (Å²) in [4.78, 5) is 9.17. The minimum atomic E-state index is 0.166. The molecular formula is C28H29N7O3. The van der Waals surface area contributed by atoms with Crippen LogP contribution in [-0.4, -0.2) is 56.5 Å². The summed E-state index contributed by atoms with van der Waals surface area (Å²) in [5.41, 5.74) is 3.50. The zero-order chi connectivity index (χ0) is 25.7. The number of aromatic amines is 1. The fourth-order valence-corrected chi connectivity index (χ4v) is 5.10. The number of aromatic nitrogens is 6. The molecule has 2 N–H and O–H groups in total. The smallest absolute Gasteiger partial charge is 0.232 e. The van der Waals surface area contributed by atoms with Crippen molar-refractivity contribution in [3.63, 3.8) is 0 Å². The molecule has 3 aromatic heterocycles. The number of hydrogen-bond acceptors (Lipinski definition) is 9. The summed E-state index contributed by atoms with van der Waals surface area (Å²) >= 11 is 0. The molecule has 1 aliphatic carbocycles. The predicted octanol–water partition coefficient (Wildman–Crippen LogP) is 5.06. The Morgan fingerprint density at radius 2 is 1.89 bits per heavy atom. The number of fused-ring (bicyclic) bond motifs is 1. The molecule has 2 atom stereocenters. The van der Waals surface area contributed by atoms with E-state index in [4.69, 9.17) is 13.9 Å². The van der Waals surface area contributed by atoms with Gasteiger partial charge in [-0.3, -0.25) is 0 Å². The molecule has 0 saturated heterocycles. The molecule has 0 bridgehead atoms. The van der Waals surface area contributed by atoms with Crippen molar-refractivity contribution >= 4 is 16.9 Å². The van der Waals surface area contributed by atoms with E-state index in [1.165, 1.54) is 0 Å². The van der Waals surface area contributed by atoms with Crippen LogP contribution >= 0.6 is 0 Å². The van der Waals surface area contributed by atoms with Crippen molar-refractivity contribution in [2.75, 3.05) is 19.0 Å². The maximum absolute atomic E-state index is 6.37. The fourth-order valence-electron chi connectivity index (χ4n) is 5.10. The number of H-pyrrole nitrogens is 1. The molecule has 0 aliphatic heterocycles. The van der Waals surface area contributed by atoms with E-state index in [0.29, 0.717) is 18.7 Å². The van der Waals surface area contributed by atoms with Crippen molar-refractivity contribution in [1.82, 2.24) is 30.6 Å². The first-order valence-corrected chi connectivity index (χ1v) is 12.9. The third-order valence-electron chi connectivity index (χ3n) is 6.95. The quantitative estimate of drug-likeness (QED) is 0.279. The molecule has 1 aliphatic rings. The van der Waals surface area contributed by atoms with Gasteiger partial charge in [0.05, 0.1) is 25.2 Å². The van der Waals surface area contributed by atoms with Crippen molar-refractivity contribution in [2.24, 2.45) is 0 Å². The highest BCUT2D eigenvalue weighted by Crippen LogP contribution is 2.43. The van der Waals surface area contributed by atoms with Gasteiger partial charge in [0.15, 0.2) is 5.82 Å². The standard InChI is InChI=1S/C28H29N7O3/c1-36-21-12-10-18(11-13-21)24-25-27(29-17-30-28(25)38-26(24)19-6-3-2-4-7-19)31-20-8-5-9-22(16-20)37-15-14-23-32-34-35-33-23/h2-4,6-7,10-13,17,20,22H,5,8-9,14-16H2,1H3,(H,29,30,31)(H,32,33,34,35)/t20-,22-/m0/s1. The molecule has 10 heteroatoms. The minimum absolute atomic E-state index is 0.166. The number of nitrogens with one attached hydrogen (secondary N) is 2. The van der Waals surface area contributed by atoms with E-state index in [9.17, 15) is 0 Å². The molecule has 1 saturated carbocycles. The molecule has 38 heavy (non-hydrogen) atoms. The fraction of sp³-hybridized carbons (Fsp3) is 0.321. The highest BCUT2D eigenvalue weighted by Gasteiger charge is 2.26. The Balaban J connectivity index is 1.30. The molecule has 0 unspecified atom stereocenters. The zero-order valence-corrected chi connectivity index (χ0v) is 21.1. The summed E-state index contributed by atoms with van der Waals surface area (Å²) in [5.74, 6) is 3.07. The Labute approximate surface area is 219 Å². The summed E-state index contributed by atoms with van der Waals surface area (Å²) in [6, 6.07) is 18.3. The average molecular weight is 512 g/mol. The number of benzene rings is 2. The SMILES string of the molecule is COc1ccc(-c2c(-c3ccccc3)oc3ncnc(N[C@H]4CCC[C@H](OCCc5nnn[nH]5)C4)c23)cc1. The third kappa shape index (κ3) is 5.08. The predicted molar refractivity (Wildman–Crippen MR) is 143 cm³/mol. The average Bonchev–Trinajstić information content (AvgIpc) is 3.63. The second kappa shape index (κ2) is 11.0. The molecule has 6 rings (SSSR count). The summed E-state index contributed by atoms with van der Waals surface area (Å²) in [5, 5.41) is 18.5. The Morgan fingerprint density at radius 1 is 1.03 bits per heavy atom. The highest BCUT2D eigenvalue weighted by atomic mass is 16.5. The maximum atomic E-state index is 6.37. The lowest BCUT2D eigenvalue weighted by atomic mass is 9.92. The number of furan rings is 1. The van der Waals surface area contributed by atoms with E-state index in [0.717, 1.165) is 70.9 Å². The largest absolute Gasteiger partial charge is 0.497 e. The number of methoxy groups -OCH3 is 1. The van der Waals surface area contributed by atoms with Crippen LogP contribution in [0.3, 0.4) is 0 Å². The Morgan fingerprint density at radius 3 is 2.68 bits per heavy atom. The van der Waals surface area contributed by atoms with Crippen molar-refractivity contribution in [3.8, 4) is 28.2 Å². The topological polar surface area (TPSA) is 124 Å². The summed E-state index contributed by atoms with van der Waals surface area (Å²) in [6.45, 7) is 0.579. The van der Waals surface area contributed by atoms with E-state index in [2.05, 4.69) is 35.9 Å². The number of nitrogens with zero attached hydrogens (tertiary/aromatic N) is 5. The second-order valence-corrected chi connectivity index (χ2v) is 9.40. The molecule has 10 nitrogen and oxygen atoms in total. The van der Waals surface area contributed by atoms with Crippen LogP contribution in [0.5, 0.6) is 5.75 Å². The number of tetrazole rings is 1. The van der Waals surface area contributed by atoms with Gasteiger partial charge in [0.25, 0.3) is 0 Å². The van der Waals surface area contributed by atoms with Gasteiger partial charge in [-0.2, -0.15) is 0 Å². The van der Waals surface area contributed by atoms with Gasteiger partial charge in [0.1, 0.15) is 23.7 Å². The third-order valence-corrected chi connectivity index (χ3v) is 6.95. The van der Waals surface area contributed by atoms with E-state index in [1.807, 2.05) is 54.6 Å². The monoisotopic (exact) mass is 511 g/mol. The van der Waals surface area contributed by atoms with Crippen LogP contribution in [0.2, 0.25) is 0 Å². The van der Waals surface area contributed by atoms with Crippen LogP contribution < -0.4 is 10.1 Å². The van der Waals surface area contributed by atoms with Crippen molar-refractivity contribution in [1.29, 1.82) is 0 Å². The van der Waals surface area contributed by atoms with Crippen molar-refractivity contribution in [3.05, 3.63) is 66.7 Å². The molecule has 0 amide bonds. The van der Waals surface area contributed by atoms with Gasteiger partial charge in [-0.15, -0.1) is 5.10 Å². The van der Waals surface area contributed by atoms with Gasteiger partial charge < -0.3 is 19.2 Å². The molecule has 3 heterocycles. The Hall–Kier alpha value is -4.31. The van der Waals surface area contributed by atoms with Gasteiger partial charge in [-0.25, -0.2) is 15.1 Å². The first-order chi connectivity index (χ1) is 18.8. The van der Waals surface area contributed by atoms with Gasteiger partial charge in [-0.05, 0) is 53.8 Å². The second-order valence-electron chi connectivity index (χ2n) is 9.40. The van der Waals surface area contributed by atoms with Crippen LogP contribution in [-0.2, 0) is 11.2 Å². The van der Waals surface area contributed by atoms with E-state index >= 15 is 0 Å². The zero-order valence-electron chi connectivity index (χ0n) is 21.1. The molecule has 194 valence electrons. The Kier molecular flexibility index (Phi) is 6.95. The van der Waals surface area contributed by atoms with E-state index in [-0.39, 0.29) is 12.1 Å². The van der Waals surface area contributed by atoms with Crippen molar-refractivity contribution in [2.45, 2.75) is 44.2 Å². The number of rotatable bonds is 9. The summed E-state index contributed by atoms with van der Waals surface area (Å²) in [7, 11) is 1.67. The highest BCUT2D eigenvalue weighted by molar-refractivity contribution is 6.05. The van der Waals surface area contributed by atoms with Crippen LogP contribution in [0, 0.1) is 0 Å². The Bertz CT molecular complexity index is 1470. The van der Waals surface area contributed by atoms with Crippen LogP contribution in [0.25, 0.3) is 33.6 Å². The minimum Gasteiger partial charge on any atom is -0.497 e. The summed E-state index contributed by atoms with van der Waals surface area (Å²) in [6.07, 6.45) is 6.43. The van der Waals surface area contributed by atoms with Gasteiger partial charge >= 0.3 is 0 Å². The molecule has 0 spiro atoms. The molecule has 1 fully saturated rings. The van der Waals surface area contributed by atoms with E-state index in [1.54, 1.807) is 13.4 Å². The van der Waals surface area contributed by atoms with Gasteiger partial charge in [0, 0.05) is 23.6 Å². The molecule has 2 aromatic carbocycles. The molecule has 5 aromatic rings. The molecular weight excluding hydrogens is 482 g/mol. The lowest BCUT2D eigenvalue weighted by Crippen LogP contribution is -2.32. The first-order valence-electron chi connectivity index (χ1n) is 12.9. The van der Waals surface area contributed by atoms with Crippen LogP contribution in [0.4, 0.5) is 5.82 Å². The number of anilines is 1. The summed E-state index contributed by atoms with van der Waals surface area (Å²) < 4.78 is 17.9. The van der Waals surface area contributed by atoms with Gasteiger partial charge in [0.2, 0.25) is 5.71 Å². The van der Waals surface area contributed by atoms with Gasteiger partial charge in [-0.1, -0.05) is 42.5 Å². The number of hydrogen-bond donors (Lipinski definition) is 2. The lowest BCUT2D eigenvalue weighted by Gasteiger charge is -2.30. The normalized spacial score (nSPS) is 17.5. The maximum Gasteiger partial charge on any atom is 0.232 e.